The molecule has 1 saturated heterocycles. The van der Waals surface area contributed by atoms with E-state index < -0.39 is 5.97 Å². The second kappa shape index (κ2) is 4.51. The molecule has 0 amide bonds. The normalized spacial score (nSPS) is 17.7. The average molecular weight is 246 g/mol. The lowest BCUT2D eigenvalue weighted by molar-refractivity contribution is -0.139. The van der Waals surface area contributed by atoms with Crippen LogP contribution in [0, 0.1) is 5.92 Å². The maximum absolute atomic E-state index is 10.4. The molecule has 1 aromatic rings. The van der Waals surface area contributed by atoms with Crippen molar-refractivity contribution in [3.05, 3.63) is 21.3 Å². The smallest absolute Gasteiger partial charge is 0.303 e. The Bertz CT molecular complexity index is 360. The summed E-state index contributed by atoms with van der Waals surface area (Å²) in [6.07, 6.45) is 0.293. The summed E-state index contributed by atoms with van der Waals surface area (Å²) in [4.78, 5) is 13.9. The Morgan fingerprint density at radius 1 is 1.60 bits per heavy atom. The average Bonchev–Trinajstić information content (AvgIpc) is 2.47. The van der Waals surface area contributed by atoms with E-state index in [-0.39, 0.29) is 0 Å². The summed E-state index contributed by atoms with van der Waals surface area (Å²) in [6.45, 7) is 2.68. The molecular formula is C10H12ClNO2S. The number of rotatable bonds is 4. The number of nitrogens with zero attached hydrogens (tertiary/aromatic N) is 1. The number of carboxylic acids is 1. The second-order valence-corrected chi connectivity index (χ2v) is 5.66. The third-order valence-corrected chi connectivity index (χ3v) is 3.72. The summed E-state index contributed by atoms with van der Waals surface area (Å²) in [5, 5.41) is 8.59. The molecule has 2 heterocycles. The zero-order chi connectivity index (χ0) is 10.8. The summed E-state index contributed by atoms with van der Waals surface area (Å²) in [6, 6.07) is 3.92. The third-order valence-electron chi connectivity index (χ3n) is 2.50. The van der Waals surface area contributed by atoms with E-state index >= 15 is 0 Å². The molecule has 1 aliphatic heterocycles. The van der Waals surface area contributed by atoms with E-state index in [0.29, 0.717) is 12.3 Å². The van der Waals surface area contributed by atoms with Gasteiger partial charge in [-0.25, -0.2) is 0 Å². The number of carbonyl (C=O) groups is 1. The molecule has 0 bridgehead atoms. The van der Waals surface area contributed by atoms with Crippen molar-refractivity contribution in [1.29, 1.82) is 0 Å². The minimum absolute atomic E-state index is 0.293. The molecule has 0 saturated carbocycles. The molecule has 5 heteroatoms. The van der Waals surface area contributed by atoms with E-state index in [0.717, 1.165) is 24.0 Å². The van der Waals surface area contributed by atoms with E-state index in [4.69, 9.17) is 16.7 Å². The van der Waals surface area contributed by atoms with Gasteiger partial charge in [-0.15, -0.1) is 11.3 Å². The SMILES string of the molecule is O=C(O)CC1CN(Cc2ccc(Cl)s2)C1. The van der Waals surface area contributed by atoms with Crippen molar-refractivity contribution in [2.75, 3.05) is 13.1 Å². The van der Waals surface area contributed by atoms with Crippen LogP contribution in [0.1, 0.15) is 11.3 Å². The zero-order valence-corrected chi connectivity index (χ0v) is 9.72. The fourth-order valence-electron chi connectivity index (χ4n) is 1.84. The molecule has 0 aliphatic carbocycles. The molecule has 3 nitrogen and oxygen atoms in total. The van der Waals surface area contributed by atoms with Crippen LogP contribution in [0.5, 0.6) is 0 Å². The molecule has 1 aliphatic rings. The number of hydrogen-bond acceptors (Lipinski definition) is 3. The van der Waals surface area contributed by atoms with Gasteiger partial charge in [0.05, 0.1) is 10.8 Å². The van der Waals surface area contributed by atoms with E-state index in [1.807, 2.05) is 12.1 Å². The Labute approximate surface area is 97.3 Å². The van der Waals surface area contributed by atoms with Gasteiger partial charge >= 0.3 is 5.97 Å². The predicted octanol–water partition coefficient (Wildman–Crippen LogP) is 2.31. The van der Waals surface area contributed by atoms with E-state index in [1.54, 1.807) is 11.3 Å². The number of carboxylic acid groups (broad SMARTS) is 1. The predicted molar refractivity (Wildman–Crippen MR) is 60.3 cm³/mol. The zero-order valence-electron chi connectivity index (χ0n) is 8.15. The second-order valence-electron chi connectivity index (χ2n) is 3.86. The monoisotopic (exact) mass is 245 g/mol. The van der Waals surface area contributed by atoms with Gasteiger partial charge in [-0.3, -0.25) is 9.69 Å². The van der Waals surface area contributed by atoms with Gasteiger partial charge in [-0.05, 0) is 18.1 Å². The van der Waals surface area contributed by atoms with Crippen LogP contribution in [-0.2, 0) is 11.3 Å². The van der Waals surface area contributed by atoms with Gasteiger partial charge < -0.3 is 5.11 Å². The molecule has 15 heavy (non-hydrogen) atoms. The third kappa shape index (κ3) is 2.93. The van der Waals surface area contributed by atoms with Crippen molar-refractivity contribution in [3.8, 4) is 0 Å². The van der Waals surface area contributed by atoms with Gasteiger partial charge in [-0.2, -0.15) is 0 Å². The minimum atomic E-state index is -0.696. The maximum atomic E-state index is 10.4. The van der Waals surface area contributed by atoms with Crippen molar-refractivity contribution in [2.45, 2.75) is 13.0 Å². The van der Waals surface area contributed by atoms with E-state index in [9.17, 15) is 4.79 Å². The molecule has 0 aromatic carbocycles. The van der Waals surface area contributed by atoms with Crippen LogP contribution < -0.4 is 0 Å². The summed E-state index contributed by atoms with van der Waals surface area (Å²) in [7, 11) is 0. The molecule has 0 radical (unpaired) electrons. The van der Waals surface area contributed by atoms with Gasteiger partial charge in [0.1, 0.15) is 0 Å². The minimum Gasteiger partial charge on any atom is -0.481 e. The lowest BCUT2D eigenvalue weighted by Crippen LogP contribution is -2.46. The largest absolute Gasteiger partial charge is 0.481 e. The molecule has 1 fully saturated rings. The van der Waals surface area contributed by atoms with Crippen LogP contribution in [0.3, 0.4) is 0 Å². The number of aliphatic carboxylic acids is 1. The summed E-state index contributed by atoms with van der Waals surface area (Å²) < 4.78 is 0.813. The van der Waals surface area contributed by atoms with Crippen LogP contribution >= 0.6 is 22.9 Å². The van der Waals surface area contributed by atoms with Crippen LogP contribution in [0.2, 0.25) is 4.34 Å². The first-order chi connectivity index (χ1) is 7.13. The lowest BCUT2D eigenvalue weighted by Gasteiger charge is -2.38. The first-order valence-electron chi connectivity index (χ1n) is 4.82. The van der Waals surface area contributed by atoms with Crippen molar-refractivity contribution < 1.29 is 9.90 Å². The van der Waals surface area contributed by atoms with Crippen molar-refractivity contribution in [3.63, 3.8) is 0 Å². The topological polar surface area (TPSA) is 40.5 Å². The molecule has 0 spiro atoms. The van der Waals surface area contributed by atoms with Gasteiger partial charge in [0, 0.05) is 24.5 Å². The molecule has 1 aromatic heterocycles. The van der Waals surface area contributed by atoms with Crippen molar-refractivity contribution in [1.82, 2.24) is 4.90 Å². The number of halogens is 1. The van der Waals surface area contributed by atoms with Gasteiger partial charge in [-0.1, -0.05) is 11.6 Å². The van der Waals surface area contributed by atoms with E-state index in [1.165, 1.54) is 4.88 Å². The molecule has 2 rings (SSSR count). The molecule has 0 atom stereocenters. The highest BCUT2D eigenvalue weighted by Crippen LogP contribution is 2.26. The first kappa shape index (κ1) is 10.9. The number of hydrogen-bond donors (Lipinski definition) is 1. The van der Waals surface area contributed by atoms with E-state index in [2.05, 4.69) is 4.90 Å². The first-order valence-corrected chi connectivity index (χ1v) is 6.01. The van der Waals surface area contributed by atoms with Crippen LogP contribution in [0.25, 0.3) is 0 Å². The molecule has 1 N–H and O–H groups in total. The summed E-state index contributed by atoms with van der Waals surface area (Å²) in [5.74, 6) is -0.364. The number of thiophene rings is 1. The highest BCUT2D eigenvalue weighted by Gasteiger charge is 2.28. The lowest BCUT2D eigenvalue weighted by atomic mass is 9.96. The van der Waals surface area contributed by atoms with Gasteiger partial charge in [0.2, 0.25) is 0 Å². The van der Waals surface area contributed by atoms with Crippen LogP contribution in [0.15, 0.2) is 12.1 Å². The highest BCUT2D eigenvalue weighted by atomic mass is 35.5. The van der Waals surface area contributed by atoms with Crippen molar-refractivity contribution in [2.24, 2.45) is 5.92 Å². The van der Waals surface area contributed by atoms with Crippen LogP contribution in [0.4, 0.5) is 0 Å². The standard InChI is InChI=1S/C10H12ClNO2S/c11-9-2-1-8(15-9)6-12-4-7(5-12)3-10(13)14/h1-2,7H,3-6H2,(H,13,14). The van der Waals surface area contributed by atoms with Gasteiger partial charge in [0.25, 0.3) is 0 Å². The molecule has 0 unspecified atom stereocenters. The Hall–Kier alpha value is -0.580. The quantitative estimate of drug-likeness (QED) is 0.885. The van der Waals surface area contributed by atoms with Gasteiger partial charge in [0.15, 0.2) is 0 Å². The fraction of sp³-hybridized carbons (Fsp3) is 0.500. The summed E-state index contributed by atoms with van der Waals surface area (Å²) in [5.41, 5.74) is 0. The summed E-state index contributed by atoms with van der Waals surface area (Å²) >= 11 is 7.41. The fourth-order valence-corrected chi connectivity index (χ4v) is 2.97. The number of likely N-dealkylation sites (tertiary alicyclic amines) is 1. The Morgan fingerprint density at radius 2 is 2.33 bits per heavy atom. The van der Waals surface area contributed by atoms with Crippen molar-refractivity contribution >= 4 is 28.9 Å². The molecular weight excluding hydrogens is 234 g/mol. The Balaban J connectivity index is 1.74. The highest BCUT2D eigenvalue weighted by molar-refractivity contribution is 7.16. The Kier molecular flexibility index (Phi) is 3.29. The Morgan fingerprint density at radius 3 is 2.87 bits per heavy atom. The maximum Gasteiger partial charge on any atom is 0.303 e. The van der Waals surface area contributed by atoms with Crippen LogP contribution in [-0.4, -0.2) is 29.1 Å². The molecule has 82 valence electrons.